The molecule has 1 amide bonds. The van der Waals surface area contributed by atoms with E-state index in [1.165, 1.54) is 7.11 Å². The number of methoxy groups -OCH3 is 1. The number of anilines is 1. The largest absolute Gasteiger partial charge is 0.496 e. The lowest BCUT2D eigenvalue weighted by molar-refractivity contribution is 0.0837. The van der Waals surface area contributed by atoms with Gasteiger partial charge in [0.2, 0.25) is 0 Å². The maximum Gasteiger partial charge on any atom is 0.257 e. The molecule has 0 fully saturated rings. The number of amides is 1. The lowest BCUT2D eigenvalue weighted by Crippen LogP contribution is -2.28. The molecule has 0 spiro atoms. The van der Waals surface area contributed by atoms with E-state index in [0.717, 1.165) is 0 Å². The van der Waals surface area contributed by atoms with Gasteiger partial charge in [-0.25, -0.2) is 0 Å². The van der Waals surface area contributed by atoms with Crippen molar-refractivity contribution in [3.8, 4) is 5.75 Å². The summed E-state index contributed by atoms with van der Waals surface area (Å²) < 4.78 is 10.1. The van der Waals surface area contributed by atoms with Crippen LogP contribution in [0.3, 0.4) is 0 Å². The Morgan fingerprint density at radius 1 is 1.44 bits per heavy atom. The van der Waals surface area contributed by atoms with Gasteiger partial charge >= 0.3 is 0 Å². The van der Waals surface area contributed by atoms with E-state index in [0.29, 0.717) is 30.2 Å². The summed E-state index contributed by atoms with van der Waals surface area (Å²) in [7, 11) is 1.48. The van der Waals surface area contributed by atoms with Crippen LogP contribution in [0.4, 0.5) is 5.69 Å². The van der Waals surface area contributed by atoms with E-state index in [9.17, 15) is 4.79 Å². The van der Waals surface area contributed by atoms with Crippen LogP contribution in [-0.2, 0) is 4.74 Å². The van der Waals surface area contributed by atoms with Gasteiger partial charge in [-0.1, -0.05) is 6.07 Å². The highest BCUT2D eigenvalue weighted by Crippen LogP contribution is 2.23. The predicted molar refractivity (Wildman–Crippen MR) is 67.6 cm³/mol. The third-order valence-electron chi connectivity index (χ3n) is 2.27. The van der Waals surface area contributed by atoms with Crippen LogP contribution in [0, 0.1) is 0 Å². The van der Waals surface area contributed by atoms with Crippen LogP contribution in [0.25, 0.3) is 0 Å². The first-order valence-corrected chi connectivity index (χ1v) is 5.60. The van der Waals surface area contributed by atoms with Gasteiger partial charge in [0.05, 0.1) is 26.9 Å². The second kappa shape index (κ2) is 7.52. The second-order valence-electron chi connectivity index (χ2n) is 3.52. The summed E-state index contributed by atoms with van der Waals surface area (Å²) in [5.74, 6) is 0.126. The maximum absolute atomic E-state index is 11.9. The number of nitrogen functional groups attached to an aromatic ring is 1. The van der Waals surface area contributed by atoms with Gasteiger partial charge in [0, 0.05) is 12.2 Å². The fourth-order valence-corrected chi connectivity index (χ4v) is 1.45. The van der Waals surface area contributed by atoms with Gasteiger partial charge in [-0.05, 0) is 12.1 Å². The van der Waals surface area contributed by atoms with Crippen molar-refractivity contribution >= 4 is 11.6 Å². The lowest BCUT2D eigenvalue weighted by Gasteiger charge is -2.11. The molecular weight excluding hydrogens is 236 g/mol. The zero-order valence-corrected chi connectivity index (χ0v) is 10.3. The highest BCUT2D eigenvalue weighted by Gasteiger charge is 2.14. The Morgan fingerprint density at radius 3 is 2.89 bits per heavy atom. The van der Waals surface area contributed by atoms with Crippen molar-refractivity contribution in [2.45, 2.75) is 0 Å². The van der Waals surface area contributed by atoms with Gasteiger partial charge in [-0.15, -0.1) is 0 Å². The molecule has 100 valence electrons. The maximum atomic E-state index is 11.9. The molecule has 6 nitrogen and oxygen atoms in total. The molecule has 0 saturated carbocycles. The van der Waals surface area contributed by atoms with Crippen LogP contribution < -0.4 is 15.8 Å². The fourth-order valence-electron chi connectivity index (χ4n) is 1.45. The molecule has 18 heavy (non-hydrogen) atoms. The standard InChI is InChI=1S/C12H18N2O4/c1-17-10-4-2-3-9(13)11(10)12(16)14-5-7-18-8-6-15/h2-4,15H,5-8,13H2,1H3,(H,14,16). The number of nitrogens with one attached hydrogen (secondary N) is 1. The van der Waals surface area contributed by atoms with Gasteiger partial charge in [0.1, 0.15) is 11.3 Å². The van der Waals surface area contributed by atoms with Crippen LogP contribution in [0.5, 0.6) is 5.75 Å². The van der Waals surface area contributed by atoms with Crippen molar-refractivity contribution in [1.82, 2.24) is 5.32 Å². The van der Waals surface area contributed by atoms with Crippen molar-refractivity contribution < 1.29 is 19.4 Å². The number of nitrogens with two attached hydrogens (primary N) is 1. The zero-order valence-electron chi connectivity index (χ0n) is 10.3. The Hall–Kier alpha value is -1.79. The Morgan fingerprint density at radius 2 is 2.22 bits per heavy atom. The van der Waals surface area contributed by atoms with Gasteiger partial charge in [0.15, 0.2) is 0 Å². The normalized spacial score (nSPS) is 10.1. The Balaban J connectivity index is 2.56. The number of carbonyl (C=O) groups excluding carboxylic acids is 1. The van der Waals surface area contributed by atoms with E-state index in [-0.39, 0.29) is 19.1 Å². The molecular formula is C12H18N2O4. The quantitative estimate of drug-likeness (QED) is 0.471. The number of hydrogen-bond donors (Lipinski definition) is 3. The van der Waals surface area contributed by atoms with Crippen LogP contribution in [0.2, 0.25) is 0 Å². The van der Waals surface area contributed by atoms with Gasteiger partial charge < -0.3 is 25.6 Å². The van der Waals surface area contributed by atoms with Crippen LogP contribution in [0.1, 0.15) is 10.4 Å². The summed E-state index contributed by atoms with van der Waals surface area (Å²) in [4.78, 5) is 11.9. The molecule has 6 heteroatoms. The Kier molecular flexibility index (Phi) is 5.96. The van der Waals surface area contributed by atoms with Gasteiger partial charge in [0.25, 0.3) is 5.91 Å². The topological polar surface area (TPSA) is 93.8 Å². The molecule has 0 aliphatic heterocycles. The van der Waals surface area contributed by atoms with E-state index in [2.05, 4.69) is 5.32 Å². The van der Waals surface area contributed by atoms with Crippen molar-refractivity contribution in [2.24, 2.45) is 0 Å². The summed E-state index contributed by atoms with van der Waals surface area (Å²) >= 11 is 0. The van der Waals surface area contributed by atoms with Gasteiger partial charge in [-0.3, -0.25) is 4.79 Å². The summed E-state index contributed by atoms with van der Waals surface area (Å²) in [5, 5.41) is 11.2. The van der Waals surface area contributed by atoms with Crippen LogP contribution in [0.15, 0.2) is 18.2 Å². The number of ether oxygens (including phenoxy) is 2. The van der Waals surface area contributed by atoms with Gasteiger partial charge in [-0.2, -0.15) is 0 Å². The molecule has 0 bridgehead atoms. The molecule has 0 aromatic heterocycles. The first-order chi connectivity index (χ1) is 8.70. The summed E-state index contributed by atoms with van der Waals surface area (Å²) in [6.07, 6.45) is 0. The van der Waals surface area contributed by atoms with Crippen molar-refractivity contribution in [1.29, 1.82) is 0 Å². The minimum absolute atomic E-state index is 0.0343. The van der Waals surface area contributed by atoms with Crippen LogP contribution in [-0.4, -0.2) is 44.5 Å². The summed E-state index contributed by atoms with van der Waals surface area (Å²) in [6.45, 7) is 0.901. The number of carbonyl (C=O) groups is 1. The summed E-state index contributed by atoms with van der Waals surface area (Å²) in [5.41, 5.74) is 6.43. The van der Waals surface area contributed by atoms with E-state index in [1.54, 1.807) is 18.2 Å². The monoisotopic (exact) mass is 254 g/mol. The minimum atomic E-state index is -0.308. The van der Waals surface area contributed by atoms with Crippen molar-refractivity contribution in [3.63, 3.8) is 0 Å². The Labute approximate surface area is 106 Å². The lowest BCUT2D eigenvalue weighted by atomic mass is 10.1. The van der Waals surface area contributed by atoms with E-state index < -0.39 is 0 Å². The molecule has 0 aliphatic rings. The smallest absolute Gasteiger partial charge is 0.257 e. The molecule has 1 aromatic carbocycles. The molecule has 0 heterocycles. The number of aliphatic hydroxyl groups is 1. The number of rotatable bonds is 7. The zero-order chi connectivity index (χ0) is 13.4. The fraction of sp³-hybridized carbons (Fsp3) is 0.417. The van der Waals surface area contributed by atoms with Crippen LogP contribution >= 0.6 is 0 Å². The van der Waals surface area contributed by atoms with E-state index in [4.69, 9.17) is 20.3 Å². The summed E-state index contributed by atoms with van der Waals surface area (Å²) in [6, 6.07) is 5.03. The second-order valence-corrected chi connectivity index (χ2v) is 3.52. The number of benzene rings is 1. The highest BCUT2D eigenvalue weighted by atomic mass is 16.5. The molecule has 1 aromatic rings. The average molecular weight is 254 g/mol. The minimum Gasteiger partial charge on any atom is -0.496 e. The molecule has 0 radical (unpaired) electrons. The molecule has 0 saturated heterocycles. The highest BCUT2D eigenvalue weighted by molar-refractivity contribution is 6.01. The first kappa shape index (κ1) is 14.3. The third-order valence-corrected chi connectivity index (χ3v) is 2.27. The number of hydrogen-bond acceptors (Lipinski definition) is 5. The third kappa shape index (κ3) is 3.90. The molecule has 4 N–H and O–H groups in total. The Bertz CT molecular complexity index is 396. The van der Waals surface area contributed by atoms with E-state index >= 15 is 0 Å². The predicted octanol–water partition coefficient (Wildman–Crippen LogP) is 0.0161. The van der Waals surface area contributed by atoms with Crippen molar-refractivity contribution in [2.75, 3.05) is 39.2 Å². The average Bonchev–Trinajstić information content (AvgIpc) is 2.37. The first-order valence-electron chi connectivity index (χ1n) is 5.60. The van der Waals surface area contributed by atoms with E-state index in [1.807, 2.05) is 0 Å². The molecule has 0 unspecified atom stereocenters. The SMILES string of the molecule is COc1cccc(N)c1C(=O)NCCOCCO. The van der Waals surface area contributed by atoms with Crippen molar-refractivity contribution in [3.05, 3.63) is 23.8 Å². The molecule has 1 rings (SSSR count). The number of aliphatic hydroxyl groups excluding tert-OH is 1. The molecule has 0 atom stereocenters. The molecule has 0 aliphatic carbocycles.